The van der Waals surface area contributed by atoms with E-state index in [1.54, 1.807) is 0 Å². The Bertz CT molecular complexity index is 2520. The van der Waals surface area contributed by atoms with Crippen LogP contribution in [-0.2, 0) is 47.7 Å². The number of carbonyl (C=O) groups excluding carboxylic acids is 5. The van der Waals surface area contributed by atoms with Crippen LogP contribution in [0.4, 0.5) is 0 Å². The molecule has 656 valence electrons. The van der Waals surface area contributed by atoms with Crippen LogP contribution >= 0.6 is 149 Å². The molecule has 0 aromatic heterocycles. The van der Waals surface area contributed by atoms with Gasteiger partial charge in [0.1, 0.15) is 30.5 Å². The maximum absolute atomic E-state index is 12.4. The van der Waals surface area contributed by atoms with E-state index in [1.165, 1.54) is 128 Å². The van der Waals surface area contributed by atoms with Crippen molar-refractivity contribution in [1.82, 2.24) is 0 Å². The third kappa shape index (κ3) is 44.0. The van der Waals surface area contributed by atoms with Gasteiger partial charge in [0.05, 0.1) is 29.6 Å². The quantitative estimate of drug-likeness (QED) is 0.0760. The van der Waals surface area contributed by atoms with Gasteiger partial charge in [-0.1, -0.05) is 125 Å². The molecule has 12 fully saturated rings. The largest absolute Gasteiger partial charge is 0 e. The van der Waals surface area contributed by atoms with Crippen molar-refractivity contribution in [1.29, 1.82) is 0 Å². The molecule has 0 heterocycles. The first kappa shape index (κ1) is 106. The topological polar surface area (TPSA) is 132 Å². The van der Waals surface area contributed by atoms with Gasteiger partial charge in [0.15, 0.2) is 0 Å². The first-order valence-corrected chi connectivity index (χ1v) is 76.0. The van der Waals surface area contributed by atoms with Crippen LogP contribution in [0.2, 0.25) is 0 Å². The monoisotopic (exact) mass is 2570 g/mol. The van der Waals surface area contributed by atoms with Gasteiger partial charge in [0.25, 0.3) is 0 Å². The molecule has 12 aliphatic rings. The third-order valence-corrected chi connectivity index (χ3v) is 28.1. The van der Waals surface area contributed by atoms with Crippen molar-refractivity contribution in [2.75, 3.05) is 0 Å². The average Bonchev–Trinajstić information content (AvgIpc) is 0.866. The number of hydrogen-bond acceptors (Lipinski definition) is 10. The van der Waals surface area contributed by atoms with Gasteiger partial charge in [-0.25, -0.2) is 0 Å². The summed E-state index contributed by atoms with van der Waals surface area (Å²) in [6, 6.07) is 0. The van der Waals surface area contributed by atoms with Gasteiger partial charge in [-0.2, -0.15) is 0 Å². The molecule has 0 aliphatic heterocycles. The smallest absolute Gasteiger partial charge is 0 e. The second-order valence-electron chi connectivity index (χ2n) is 37.2. The molecule has 0 aromatic rings. The molecule has 0 saturated heterocycles. The molecule has 12 rings (SSSR count). The van der Waals surface area contributed by atoms with Crippen molar-refractivity contribution >= 4 is 179 Å². The molecule has 0 atom stereocenters. The first-order valence-electron chi connectivity index (χ1n) is 44.6. The summed E-state index contributed by atoms with van der Waals surface area (Å²) < 4.78 is 28.8. The Morgan fingerprint density at radius 1 is 0.243 bits per heavy atom. The molecular formula is C92H164I9O10-. The Hall–Kier alpha value is 3.04. The van der Waals surface area contributed by atoms with Gasteiger partial charge in [-0.05, 0) is 342 Å². The van der Waals surface area contributed by atoms with Gasteiger partial charge in [0.2, 0.25) is 0 Å². The zero-order valence-corrected chi connectivity index (χ0v) is 88.6. The maximum Gasteiger partial charge on any atom is 0 e. The second kappa shape index (κ2) is 63.0. The van der Waals surface area contributed by atoms with Crippen molar-refractivity contribution < 1.29 is 69.5 Å². The molecule has 19 heteroatoms. The zero-order chi connectivity index (χ0) is 80.2. The summed E-state index contributed by atoms with van der Waals surface area (Å²) in [4.78, 5) is 62.0. The average molecular weight is 2570 g/mol. The molecule has 111 heavy (non-hydrogen) atoms. The fraction of sp³-hybridized carbons (Fsp3) is 0.902. The van der Waals surface area contributed by atoms with Crippen LogP contribution in [0, 0.1) is 136 Å². The first-order chi connectivity index (χ1) is 53.2. The summed E-state index contributed by atoms with van der Waals surface area (Å²) in [6.07, 6.45) is 58.2. The Balaban J connectivity index is -0.00000140. The number of ether oxygens (including phenoxy) is 5. The van der Waals surface area contributed by atoms with Gasteiger partial charge in [-0.3, -0.25) is 24.0 Å². The van der Waals surface area contributed by atoms with Gasteiger partial charge >= 0.3 is 80.3 Å². The van der Waals surface area contributed by atoms with E-state index in [2.05, 4.69) is 228 Å². The molecule has 12 saturated carbocycles. The van der Waals surface area contributed by atoms with Crippen LogP contribution in [0.1, 0.15) is 392 Å². The van der Waals surface area contributed by atoms with Crippen LogP contribution < -0.4 is 13.3 Å². The summed E-state index contributed by atoms with van der Waals surface area (Å²) in [6.45, 7) is 18.6. The second-order valence-corrected chi connectivity index (χ2v) is 53.5. The standard InChI is InChI=1S/C24H40.C23H36O2.2C22H36O4.CH4.I3.3I2.6H2/c1-19-3-7-21(8-4-19)11-13-23-15-17-24(18-16-23)14-12-22-9-5-20(2)6-10-22;1-17-3-7-19(8-4-17)9-10-20-11-13-21(14-12-20)23(24)25-22-15-5-18(2)6-16-22;1-15-3-11-19(12-4-15)25-21(23)17-7-9-18(10-8-17)22(24)26-20-13-5-16(2)6-14-20;1-15-3-7-17(8-4-15)21(23)25-19-11-13-20(14-12-19)26-22(24)18-9-5-16(2)6-10-18;;1-3-2;3*1-2;;;;;;/h19-24H,3-11,13,15-18H2,1-2H3;17-22H,3-8,11-16H2,1-2H3;2*15-20H,3-14H2,1-2H3;1H4;;;;;6*1H/q;;;;;-1;;;;;;;;;. The SMILES string of the molecule is C.CC1CCC(C#CC2CCC(C(=O)OC3CCC(C)CC3)CC2)CC1.CC1CCC(C#CC2CCC(CCC3CCC(C)CC3)CC2)CC1.CC1CCC(C(=O)OC2CCC(OC(=O)C3CCC(C)CC3)CC2)CC1.CC1CCC(OC(=O)C2CCC(C(=O)OC3CCC(C)CC3)CC2)CC1.II.II.II.I[I-]I.[HH].[HH].[HH].[HH].[HH].[HH]. The van der Waals surface area contributed by atoms with Crippen LogP contribution in [0.3, 0.4) is 0 Å². The van der Waals surface area contributed by atoms with E-state index < -0.39 is 0 Å². The third-order valence-electron chi connectivity index (χ3n) is 28.1. The molecule has 0 spiro atoms. The number of hydrogen-bond donors (Lipinski definition) is 0. The molecule has 0 unspecified atom stereocenters. The van der Waals surface area contributed by atoms with Crippen LogP contribution in [0.5, 0.6) is 0 Å². The van der Waals surface area contributed by atoms with E-state index in [-0.39, 0.29) is 106 Å². The van der Waals surface area contributed by atoms with E-state index >= 15 is 0 Å². The minimum absolute atomic E-state index is 0. The van der Waals surface area contributed by atoms with Gasteiger partial charge in [0, 0.05) is 144 Å². The van der Waals surface area contributed by atoms with Crippen LogP contribution in [-0.4, -0.2) is 60.4 Å². The van der Waals surface area contributed by atoms with Crippen LogP contribution in [0.25, 0.3) is 0 Å². The Kier molecular flexibility index (Phi) is 60.4. The van der Waals surface area contributed by atoms with E-state index in [0.29, 0.717) is 25.1 Å². The van der Waals surface area contributed by atoms with Crippen molar-refractivity contribution in [3.8, 4) is 23.7 Å². The van der Waals surface area contributed by atoms with E-state index in [4.69, 9.17) is 23.7 Å². The summed E-state index contributed by atoms with van der Waals surface area (Å²) >= 11 is 18.0. The van der Waals surface area contributed by atoms with Gasteiger partial charge < -0.3 is 23.7 Å². The van der Waals surface area contributed by atoms with Crippen molar-refractivity contribution in [2.24, 2.45) is 112 Å². The number of rotatable bonds is 13. The molecular weight excluding hydrogens is 2410 g/mol. The molecule has 0 radical (unpaired) electrons. The number of halogens is 9. The molecule has 0 bridgehead atoms. The fourth-order valence-corrected chi connectivity index (χ4v) is 19.6. The minimum Gasteiger partial charge on any atom is 0 e. The predicted octanol–water partition coefficient (Wildman–Crippen LogP) is 29.2. The summed E-state index contributed by atoms with van der Waals surface area (Å²) in [7, 11) is 0. The maximum atomic E-state index is 12.4. The number of carbonyl (C=O) groups is 5. The van der Waals surface area contributed by atoms with Crippen molar-refractivity contribution in [3.63, 3.8) is 0 Å². The minimum atomic E-state index is -0.0300. The van der Waals surface area contributed by atoms with E-state index in [0.717, 1.165) is 264 Å². The predicted molar refractivity (Wildman–Crippen MR) is 539 cm³/mol. The number of esters is 5. The molecule has 0 N–H and O–H groups in total. The molecule has 0 aromatic carbocycles. The molecule has 10 nitrogen and oxygen atoms in total. The Morgan fingerprint density at radius 3 is 0.577 bits per heavy atom. The fourth-order valence-electron chi connectivity index (χ4n) is 19.6. The Morgan fingerprint density at radius 2 is 0.369 bits per heavy atom. The Labute approximate surface area is 788 Å². The summed E-state index contributed by atoms with van der Waals surface area (Å²) in [5, 5.41) is 0. The van der Waals surface area contributed by atoms with E-state index in [1.807, 2.05) is 0 Å². The zero-order valence-electron chi connectivity index (χ0n) is 69.2. The molecule has 0 amide bonds. The van der Waals surface area contributed by atoms with Crippen molar-refractivity contribution in [3.05, 3.63) is 0 Å². The van der Waals surface area contributed by atoms with E-state index in [9.17, 15) is 24.0 Å². The molecule has 12 aliphatic carbocycles. The summed E-state index contributed by atoms with van der Waals surface area (Å²) in [5.74, 6) is 26.2. The van der Waals surface area contributed by atoms with Crippen molar-refractivity contribution in [2.45, 2.75) is 414 Å². The summed E-state index contributed by atoms with van der Waals surface area (Å²) in [5.41, 5.74) is 0. The normalized spacial score (nSPS) is 35.9. The van der Waals surface area contributed by atoms with Gasteiger partial charge in [-0.15, -0.1) is 0 Å². The van der Waals surface area contributed by atoms with Crippen LogP contribution in [0.15, 0.2) is 0 Å².